The van der Waals surface area contributed by atoms with Gasteiger partial charge in [0.25, 0.3) is 5.91 Å². The molecule has 3 heterocycles. The predicted molar refractivity (Wildman–Crippen MR) is 135 cm³/mol. The van der Waals surface area contributed by atoms with Crippen LogP contribution in [-0.4, -0.2) is 63.9 Å². The average Bonchev–Trinajstić information content (AvgIpc) is 3.30. The van der Waals surface area contributed by atoms with Crippen molar-refractivity contribution >= 4 is 29.3 Å². The molecule has 2 aromatic heterocycles. The molecule has 4 rings (SSSR count). The van der Waals surface area contributed by atoms with Crippen LogP contribution in [0.15, 0.2) is 48.8 Å². The largest absolute Gasteiger partial charge is 0.573 e. The zero-order valence-electron chi connectivity index (χ0n) is 21.0. The van der Waals surface area contributed by atoms with Crippen molar-refractivity contribution in [3.8, 4) is 5.75 Å². The van der Waals surface area contributed by atoms with E-state index in [0.717, 1.165) is 31.2 Å². The number of carbonyl (C=O) groups is 2. The minimum absolute atomic E-state index is 0.151. The van der Waals surface area contributed by atoms with Crippen LogP contribution in [-0.2, 0) is 6.54 Å². The first-order valence-electron chi connectivity index (χ1n) is 12.3. The first-order chi connectivity index (χ1) is 18.6. The molecule has 208 valence electrons. The van der Waals surface area contributed by atoms with E-state index in [0.29, 0.717) is 38.5 Å². The van der Waals surface area contributed by atoms with E-state index >= 15 is 0 Å². The standard InChI is InChI=1S/C25H27F4N7O3/c1-2-3-10-36-16-20(33-24(38)31-18-5-7-19(8-6-18)39-25(27,28)29)32-22(36)23(37)35-13-11-34(12-14-35)21-9-4-17(26)15-30-21/h4-9,15-16H,2-3,10-14H2,1H3,(H2,31,33,38). The second-order valence-electron chi connectivity index (χ2n) is 8.76. The molecule has 10 nitrogen and oxygen atoms in total. The van der Waals surface area contributed by atoms with Crippen LogP contribution in [0.4, 0.5) is 39.7 Å². The summed E-state index contributed by atoms with van der Waals surface area (Å²) in [6, 6.07) is 6.92. The molecule has 3 aromatic rings. The van der Waals surface area contributed by atoms with E-state index < -0.39 is 24.0 Å². The van der Waals surface area contributed by atoms with Crippen LogP contribution in [0.25, 0.3) is 0 Å². The third-order valence-corrected chi connectivity index (χ3v) is 5.91. The molecule has 1 fully saturated rings. The Morgan fingerprint density at radius 2 is 1.74 bits per heavy atom. The molecular weight excluding hydrogens is 522 g/mol. The first-order valence-corrected chi connectivity index (χ1v) is 12.3. The van der Waals surface area contributed by atoms with Gasteiger partial charge in [-0.25, -0.2) is 19.2 Å². The topological polar surface area (TPSA) is 105 Å². The molecule has 3 amide bonds. The van der Waals surface area contributed by atoms with Gasteiger partial charge in [0.05, 0.1) is 6.20 Å². The van der Waals surface area contributed by atoms with Gasteiger partial charge in [-0.15, -0.1) is 13.2 Å². The Bertz CT molecular complexity index is 1270. The number of aryl methyl sites for hydroxylation is 1. The highest BCUT2D eigenvalue weighted by molar-refractivity contribution is 6.00. The molecule has 1 saturated heterocycles. The fourth-order valence-corrected chi connectivity index (χ4v) is 4.00. The van der Waals surface area contributed by atoms with E-state index in [4.69, 9.17) is 0 Å². The number of nitrogens with one attached hydrogen (secondary N) is 2. The number of halogens is 4. The number of aromatic nitrogens is 3. The van der Waals surface area contributed by atoms with Crippen LogP contribution < -0.4 is 20.3 Å². The van der Waals surface area contributed by atoms with Gasteiger partial charge in [0, 0.05) is 44.6 Å². The molecule has 0 radical (unpaired) electrons. The highest BCUT2D eigenvalue weighted by atomic mass is 19.4. The molecule has 0 aliphatic carbocycles. The molecule has 39 heavy (non-hydrogen) atoms. The highest BCUT2D eigenvalue weighted by Gasteiger charge is 2.31. The SMILES string of the molecule is CCCCn1cc(NC(=O)Nc2ccc(OC(F)(F)F)cc2)nc1C(=O)N1CCN(c2ccc(F)cn2)CC1. The number of imidazole rings is 1. The Morgan fingerprint density at radius 1 is 1.03 bits per heavy atom. The second kappa shape index (κ2) is 12.0. The fourth-order valence-electron chi connectivity index (χ4n) is 4.00. The maximum absolute atomic E-state index is 13.3. The minimum Gasteiger partial charge on any atom is -0.406 e. The van der Waals surface area contributed by atoms with Gasteiger partial charge in [0.1, 0.15) is 17.4 Å². The Hall–Kier alpha value is -4.36. The monoisotopic (exact) mass is 549 g/mol. The molecule has 0 spiro atoms. The fraction of sp³-hybridized carbons (Fsp3) is 0.360. The zero-order valence-corrected chi connectivity index (χ0v) is 21.0. The lowest BCUT2D eigenvalue weighted by molar-refractivity contribution is -0.274. The first kappa shape index (κ1) is 27.7. The molecule has 1 aliphatic heterocycles. The van der Waals surface area contributed by atoms with Crippen molar-refractivity contribution < 1.29 is 31.9 Å². The van der Waals surface area contributed by atoms with Gasteiger partial charge in [-0.05, 0) is 42.8 Å². The maximum atomic E-state index is 13.3. The molecule has 0 saturated carbocycles. The van der Waals surface area contributed by atoms with E-state index in [1.165, 1.54) is 18.2 Å². The van der Waals surface area contributed by atoms with Crippen molar-refractivity contribution in [3.63, 3.8) is 0 Å². The normalized spacial score (nSPS) is 13.8. The van der Waals surface area contributed by atoms with Crippen LogP contribution in [0.2, 0.25) is 0 Å². The number of hydrogen-bond donors (Lipinski definition) is 2. The number of rotatable bonds is 8. The van der Waals surface area contributed by atoms with Gasteiger partial charge < -0.3 is 24.4 Å². The lowest BCUT2D eigenvalue weighted by Gasteiger charge is -2.35. The number of anilines is 3. The van der Waals surface area contributed by atoms with E-state index in [-0.39, 0.29) is 23.2 Å². The number of ether oxygens (including phenoxy) is 1. The molecule has 1 aliphatic rings. The van der Waals surface area contributed by atoms with Gasteiger partial charge in [0.2, 0.25) is 5.82 Å². The third kappa shape index (κ3) is 7.58. The summed E-state index contributed by atoms with van der Waals surface area (Å²) in [7, 11) is 0. The van der Waals surface area contributed by atoms with Gasteiger partial charge >= 0.3 is 12.4 Å². The number of amides is 3. The minimum atomic E-state index is -4.81. The van der Waals surface area contributed by atoms with Crippen LogP contribution >= 0.6 is 0 Å². The van der Waals surface area contributed by atoms with Crippen molar-refractivity contribution in [2.75, 3.05) is 41.7 Å². The summed E-state index contributed by atoms with van der Waals surface area (Å²) in [6.45, 7) is 4.39. The van der Waals surface area contributed by atoms with E-state index in [1.807, 2.05) is 11.8 Å². The number of pyridine rings is 1. The summed E-state index contributed by atoms with van der Waals surface area (Å²) in [5, 5.41) is 5.06. The van der Waals surface area contributed by atoms with Gasteiger partial charge in [0.15, 0.2) is 5.82 Å². The number of benzene rings is 1. The second-order valence-corrected chi connectivity index (χ2v) is 8.76. The maximum Gasteiger partial charge on any atom is 0.573 e. The molecule has 0 bridgehead atoms. The number of piperazine rings is 1. The van der Waals surface area contributed by atoms with E-state index in [9.17, 15) is 27.2 Å². The van der Waals surface area contributed by atoms with Crippen LogP contribution in [0, 0.1) is 5.82 Å². The smallest absolute Gasteiger partial charge is 0.406 e. The molecule has 0 atom stereocenters. The molecule has 1 aromatic carbocycles. The van der Waals surface area contributed by atoms with Crippen molar-refractivity contribution in [2.45, 2.75) is 32.7 Å². The zero-order chi connectivity index (χ0) is 28.0. The quantitative estimate of drug-likeness (QED) is 0.394. The van der Waals surface area contributed by atoms with Crippen LogP contribution in [0.5, 0.6) is 5.75 Å². The Balaban J connectivity index is 1.38. The van der Waals surface area contributed by atoms with Crippen molar-refractivity contribution in [1.29, 1.82) is 0 Å². The van der Waals surface area contributed by atoms with Gasteiger partial charge in [-0.2, -0.15) is 0 Å². The lowest BCUT2D eigenvalue weighted by atomic mass is 10.3. The van der Waals surface area contributed by atoms with Crippen LogP contribution in [0.1, 0.15) is 30.4 Å². The number of alkyl halides is 3. The van der Waals surface area contributed by atoms with Crippen molar-refractivity contribution in [2.24, 2.45) is 0 Å². The summed E-state index contributed by atoms with van der Waals surface area (Å²) >= 11 is 0. The Labute approximate surface area is 221 Å². The Kier molecular flexibility index (Phi) is 8.52. The van der Waals surface area contributed by atoms with E-state index in [1.54, 1.807) is 21.7 Å². The van der Waals surface area contributed by atoms with Crippen LogP contribution in [0.3, 0.4) is 0 Å². The summed E-state index contributed by atoms with van der Waals surface area (Å²) in [6.07, 6.45) is -0.419. The predicted octanol–water partition coefficient (Wildman–Crippen LogP) is 4.72. The molecular formula is C25H27F4N7O3. The number of urea groups is 1. The molecule has 0 unspecified atom stereocenters. The van der Waals surface area contributed by atoms with Crippen molar-refractivity contribution in [1.82, 2.24) is 19.4 Å². The average molecular weight is 550 g/mol. The number of carbonyl (C=O) groups excluding carboxylic acids is 2. The van der Waals surface area contributed by atoms with Gasteiger partial charge in [-0.1, -0.05) is 13.3 Å². The summed E-state index contributed by atoms with van der Waals surface area (Å²) in [5.41, 5.74) is 0.234. The molecule has 14 heteroatoms. The number of nitrogens with zero attached hydrogens (tertiary/aromatic N) is 5. The third-order valence-electron chi connectivity index (χ3n) is 5.91. The number of hydrogen-bond acceptors (Lipinski definition) is 6. The Morgan fingerprint density at radius 3 is 2.36 bits per heavy atom. The number of unbranched alkanes of at least 4 members (excludes halogenated alkanes) is 1. The molecule has 2 N–H and O–H groups in total. The lowest BCUT2D eigenvalue weighted by Crippen LogP contribution is -2.49. The van der Waals surface area contributed by atoms with Crippen molar-refractivity contribution in [3.05, 3.63) is 60.4 Å². The summed E-state index contributed by atoms with van der Waals surface area (Å²) in [5.74, 6) is -0.155. The van der Waals surface area contributed by atoms with E-state index in [2.05, 4.69) is 25.3 Å². The summed E-state index contributed by atoms with van der Waals surface area (Å²) in [4.78, 5) is 37.9. The highest BCUT2D eigenvalue weighted by Crippen LogP contribution is 2.24. The van der Waals surface area contributed by atoms with Gasteiger partial charge in [-0.3, -0.25) is 10.1 Å². The summed E-state index contributed by atoms with van der Waals surface area (Å²) < 4.78 is 55.7.